The summed E-state index contributed by atoms with van der Waals surface area (Å²) in [5.74, 6) is -0.543. The molecule has 3 aliphatic rings. The third kappa shape index (κ3) is 2.95. The van der Waals surface area contributed by atoms with Gasteiger partial charge in [0.05, 0.1) is 29.7 Å². The Labute approximate surface area is 191 Å². The molecular formula is C23H25N7O3. The third-order valence-electron chi connectivity index (χ3n) is 6.82. The number of amides is 4. The van der Waals surface area contributed by atoms with E-state index < -0.39 is 12.1 Å². The lowest BCUT2D eigenvalue weighted by molar-refractivity contribution is -0.121. The van der Waals surface area contributed by atoms with Crippen LogP contribution < -0.4 is 4.90 Å². The van der Waals surface area contributed by atoms with E-state index in [4.69, 9.17) is 5.26 Å². The number of rotatable bonds is 2. The molecule has 3 atom stereocenters. The Morgan fingerprint density at radius 3 is 2.58 bits per heavy atom. The smallest absolute Gasteiger partial charge is 0.330 e. The largest absolute Gasteiger partial charge is 0.332 e. The normalized spacial score (nSPS) is 24.0. The Kier molecular flexibility index (Phi) is 4.40. The fourth-order valence-corrected chi connectivity index (χ4v) is 5.11. The second-order valence-corrected chi connectivity index (χ2v) is 9.98. The second-order valence-electron chi connectivity index (χ2n) is 9.98. The van der Waals surface area contributed by atoms with Gasteiger partial charge in [-0.1, -0.05) is 20.8 Å². The van der Waals surface area contributed by atoms with Crippen molar-refractivity contribution < 1.29 is 14.4 Å². The fraction of sp³-hybridized carbons (Fsp3) is 0.478. The van der Waals surface area contributed by atoms with Gasteiger partial charge in [0, 0.05) is 19.0 Å². The quantitative estimate of drug-likeness (QED) is 0.648. The molecule has 4 amide bonds. The summed E-state index contributed by atoms with van der Waals surface area (Å²) < 4.78 is 1.59. The highest BCUT2D eigenvalue weighted by Crippen LogP contribution is 2.43. The maximum absolute atomic E-state index is 13.4. The van der Waals surface area contributed by atoms with Crippen molar-refractivity contribution in [1.29, 1.82) is 5.26 Å². The molecule has 2 unspecified atom stereocenters. The Morgan fingerprint density at radius 2 is 1.97 bits per heavy atom. The number of aryl methyl sites for hydroxylation is 2. The summed E-state index contributed by atoms with van der Waals surface area (Å²) >= 11 is 0. The average Bonchev–Trinajstić information content (AvgIpc) is 3.49. The number of imide groups is 1. The number of pyridine rings is 1. The number of urea groups is 1. The Balaban J connectivity index is 1.43. The van der Waals surface area contributed by atoms with Crippen molar-refractivity contribution in [3.8, 4) is 6.07 Å². The van der Waals surface area contributed by atoms with E-state index in [2.05, 4.69) is 10.1 Å². The number of hydrogen-bond donors (Lipinski definition) is 0. The lowest BCUT2D eigenvalue weighted by atomic mass is 9.92. The maximum Gasteiger partial charge on any atom is 0.332 e. The predicted molar refractivity (Wildman–Crippen MR) is 117 cm³/mol. The van der Waals surface area contributed by atoms with Crippen LogP contribution in [-0.4, -0.2) is 67.1 Å². The molecule has 5 heterocycles. The molecule has 0 radical (unpaired) electrons. The second kappa shape index (κ2) is 6.88. The standard InChI is InChI=1S/C23H25N7O3/c1-12-6-13(10-25-15(12)9-24)30-21(32)19-16-7-14(29(19)22(30)33)11-28(16)20(31)17-8-18(23(2,3)4)26-27(17)5/h6,8,10,14,16,19H,7,11H2,1-5H3/t14?,16?,19-/m1/s1. The summed E-state index contributed by atoms with van der Waals surface area (Å²) in [5, 5.41) is 13.6. The molecular weight excluding hydrogens is 422 g/mol. The minimum absolute atomic E-state index is 0.178. The van der Waals surface area contributed by atoms with Gasteiger partial charge >= 0.3 is 6.03 Å². The molecule has 0 N–H and O–H groups in total. The first-order chi connectivity index (χ1) is 15.5. The lowest BCUT2D eigenvalue weighted by Crippen LogP contribution is -2.55. The number of carbonyl (C=O) groups excluding carboxylic acids is 3. The van der Waals surface area contributed by atoms with Crippen LogP contribution in [0.2, 0.25) is 0 Å². The van der Waals surface area contributed by atoms with Gasteiger partial charge < -0.3 is 9.80 Å². The van der Waals surface area contributed by atoms with Crippen molar-refractivity contribution in [2.75, 3.05) is 11.4 Å². The highest BCUT2D eigenvalue weighted by atomic mass is 16.2. The summed E-state index contributed by atoms with van der Waals surface area (Å²) in [5.41, 5.74) is 2.28. The van der Waals surface area contributed by atoms with Gasteiger partial charge in [-0.15, -0.1) is 0 Å². The number of piperazine rings is 1. The van der Waals surface area contributed by atoms with Crippen LogP contribution in [0.1, 0.15) is 54.6 Å². The van der Waals surface area contributed by atoms with E-state index >= 15 is 0 Å². The molecule has 0 aromatic carbocycles. The zero-order chi connectivity index (χ0) is 23.8. The molecule has 2 aromatic rings. The third-order valence-corrected chi connectivity index (χ3v) is 6.82. The minimum atomic E-state index is -0.716. The topological polar surface area (TPSA) is 115 Å². The monoisotopic (exact) mass is 447 g/mol. The number of fused-ring (bicyclic) bond motifs is 5. The van der Waals surface area contributed by atoms with Gasteiger partial charge in [-0.2, -0.15) is 10.4 Å². The number of aromatic nitrogens is 3. The maximum atomic E-state index is 13.4. The molecule has 0 saturated carbocycles. The highest BCUT2D eigenvalue weighted by molar-refractivity contribution is 6.22. The molecule has 2 bridgehead atoms. The van der Waals surface area contributed by atoms with Gasteiger partial charge in [0.2, 0.25) is 0 Å². The Hall–Kier alpha value is -3.74. The van der Waals surface area contributed by atoms with E-state index in [1.54, 1.807) is 34.5 Å². The first-order valence-electron chi connectivity index (χ1n) is 10.9. The molecule has 10 nitrogen and oxygen atoms in total. The number of nitriles is 1. The van der Waals surface area contributed by atoms with Gasteiger partial charge in [0.1, 0.15) is 23.5 Å². The number of nitrogens with zero attached hydrogens (tertiary/aromatic N) is 7. The van der Waals surface area contributed by atoms with E-state index in [1.165, 1.54) is 6.20 Å². The minimum Gasteiger partial charge on any atom is -0.330 e. The molecule has 2 aromatic heterocycles. The fourth-order valence-electron chi connectivity index (χ4n) is 5.11. The molecule has 3 saturated heterocycles. The van der Waals surface area contributed by atoms with E-state index in [9.17, 15) is 14.4 Å². The summed E-state index contributed by atoms with van der Waals surface area (Å²) in [6, 6.07) is 3.71. The van der Waals surface area contributed by atoms with Gasteiger partial charge in [-0.25, -0.2) is 14.7 Å². The van der Waals surface area contributed by atoms with Crippen molar-refractivity contribution >= 4 is 23.5 Å². The van der Waals surface area contributed by atoms with Crippen LogP contribution in [0.4, 0.5) is 10.5 Å². The van der Waals surface area contributed by atoms with Crippen LogP contribution in [0, 0.1) is 18.3 Å². The van der Waals surface area contributed by atoms with Crippen LogP contribution in [0.15, 0.2) is 18.3 Å². The zero-order valence-corrected chi connectivity index (χ0v) is 19.2. The van der Waals surface area contributed by atoms with Crippen LogP contribution in [0.5, 0.6) is 0 Å². The number of carbonyl (C=O) groups is 3. The number of likely N-dealkylation sites (tertiary alicyclic amines) is 1. The molecule has 33 heavy (non-hydrogen) atoms. The SMILES string of the molecule is Cc1cc(N2C(=O)[C@H]3C4CC(CN4C(=O)c4cc(C(C)(C)C)nn4C)N3C2=O)cnc1C#N. The molecule has 3 aliphatic heterocycles. The van der Waals surface area contributed by atoms with Crippen LogP contribution >= 0.6 is 0 Å². The lowest BCUT2D eigenvalue weighted by Gasteiger charge is -2.34. The van der Waals surface area contributed by atoms with E-state index in [0.717, 1.165) is 10.6 Å². The number of hydrogen-bond acceptors (Lipinski definition) is 6. The van der Waals surface area contributed by atoms with Gasteiger partial charge in [0.15, 0.2) is 0 Å². The van der Waals surface area contributed by atoms with Crippen molar-refractivity contribution in [2.45, 2.75) is 57.7 Å². The van der Waals surface area contributed by atoms with Crippen LogP contribution in [-0.2, 0) is 17.3 Å². The van der Waals surface area contributed by atoms with Crippen molar-refractivity contribution in [3.05, 3.63) is 41.0 Å². The van der Waals surface area contributed by atoms with Crippen molar-refractivity contribution in [3.63, 3.8) is 0 Å². The first-order valence-corrected chi connectivity index (χ1v) is 10.9. The van der Waals surface area contributed by atoms with Gasteiger partial charge in [0.25, 0.3) is 11.8 Å². The van der Waals surface area contributed by atoms with Gasteiger partial charge in [-0.05, 0) is 31.0 Å². The van der Waals surface area contributed by atoms with E-state index in [1.807, 2.05) is 32.9 Å². The Morgan fingerprint density at radius 1 is 1.24 bits per heavy atom. The molecule has 10 heteroatoms. The van der Waals surface area contributed by atoms with Gasteiger partial charge in [-0.3, -0.25) is 14.3 Å². The molecule has 3 fully saturated rings. The molecule has 5 rings (SSSR count). The molecule has 0 spiro atoms. The first kappa shape index (κ1) is 21.1. The molecule has 170 valence electrons. The summed E-state index contributed by atoms with van der Waals surface area (Å²) in [6.45, 7) is 8.21. The summed E-state index contributed by atoms with van der Waals surface area (Å²) in [7, 11) is 1.75. The van der Waals surface area contributed by atoms with Crippen LogP contribution in [0.3, 0.4) is 0 Å². The average molecular weight is 447 g/mol. The Bertz CT molecular complexity index is 1250. The predicted octanol–water partition coefficient (Wildman–Crippen LogP) is 1.73. The van der Waals surface area contributed by atoms with E-state index in [-0.39, 0.29) is 35.0 Å². The number of anilines is 1. The van der Waals surface area contributed by atoms with Crippen molar-refractivity contribution in [1.82, 2.24) is 24.6 Å². The summed E-state index contributed by atoms with van der Waals surface area (Å²) in [4.78, 5) is 48.5. The van der Waals surface area contributed by atoms with Crippen molar-refractivity contribution in [2.24, 2.45) is 7.05 Å². The van der Waals surface area contributed by atoms with Crippen LogP contribution in [0.25, 0.3) is 0 Å². The highest BCUT2D eigenvalue weighted by Gasteiger charge is 2.63. The summed E-state index contributed by atoms with van der Waals surface area (Å²) in [6.07, 6.45) is 1.95. The van der Waals surface area contributed by atoms with E-state index in [0.29, 0.717) is 29.9 Å². The molecule has 0 aliphatic carbocycles. The zero-order valence-electron chi connectivity index (χ0n) is 19.2.